The fourth-order valence-electron chi connectivity index (χ4n) is 10.4. The number of aromatic hydroxyl groups is 2. The summed E-state index contributed by atoms with van der Waals surface area (Å²) in [5.74, 6) is -5.92. The van der Waals surface area contributed by atoms with Crippen LogP contribution in [0.25, 0.3) is 10.8 Å². The van der Waals surface area contributed by atoms with Crippen molar-refractivity contribution in [2.24, 2.45) is 27.7 Å². The molecule has 0 aliphatic carbocycles. The number of aromatic nitrogens is 1. The number of benzene rings is 2. The molecule has 1 spiro atoms. The van der Waals surface area contributed by atoms with Crippen LogP contribution < -0.4 is 20.8 Å². The van der Waals surface area contributed by atoms with Crippen LogP contribution in [0, 0.1) is 24.7 Å². The lowest BCUT2D eigenvalue weighted by atomic mass is 9.86. The molecule has 0 radical (unpaired) electrons. The van der Waals surface area contributed by atoms with Gasteiger partial charge >= 0.3 is 11.8 Å². The van der Waals surface area contributed by atoms with Crippen molar-refractivity contribution in [1.29, 1.82) is 0 Å². The van der Waals surface area contributed by atoms with Gasteiger partial charge in [-0.3, -0.25) is 34.1 Å². The van der Waals surface area contributed by atoms with Gasteiger partial charge in [-0.2, -0.15) is 0 Å². The van der Waals surface area contributed by atoms with Crippen LogP contribution in [-0.4, -0.2) is 139 Å². The smallest absolute Gasteiger partial charge is 0.315 e. The number of nitrogens with zero attached hydrogens (tertiary/aromatic N) is 6. The number of rotatable bonds is 7. The Morgan fingerprint density at radius 3 is 2.40 bits per heavy atom. The number of nitrogens with one attached hydrogen (secondary N) is 1. The Balaban J connectivity index is 1.08. The summed E-state index contributed by atoms with van der Waals surface area (Å²) in [5, 5.41) is 50.6. The van der Waals surface area contributed by atoms with E-state index in [1.165, 1.54) is 19.3 Å². The lowest BCUT2D eigenvalue weighted by molar-refractivity contribution is -0.155. The van der Waals surface area contributed by atoms with E-state index < -0.39 is 71.4 Å². The van der Waals surface area contributed by atoms with Crippen molar-refractivity contribution in [2.75, 3.05) is 51.1 Å². The van der Waals surface area contributed by atoms with Gasteiger partial charge in [-0.25, -0.2) is 4.99 Å². The van der Waals surface area contributed by atoms with Gasteiger partial charge in [-0.15, -0.1) is 0 Å². The summed E-state index contributed by atoms with van der Waals surface area (Å²) in [6.07, 6.45) is 7.50. The fourth-order valence-corrected chi connectivity index (χ4v) is 10.4. The molecule has 9 rings (SSSR count). The fraction of sp³-hybridized carbons (Fsp3) is 0.537. The Morgan fingerprint density at radius 2 is 1.71 bits per heavy atom. The highest BCUT2D eigenvalue weighted by Crippen LogP contribution is 2.51. The number of anilines is 1. The van der Waals surface area contributed by atoms with Crippen molar-refractivity contribution in [2.45, 2.75) is 123 Å². The number of pyridine rings is 1. The van der Waals surface area contributed by atoms with Crippen LogP contribution in [0.4, 0.5) is 5.69 Å². The maximum atomic E-state index is 14.8. The molecule has 3 aromatic rings. The molecule has 18 heteroatoms. The number of fused-ring (bicyclic) bond motifs is 13. The molecule has 6 aliphatic rings. The Hall–Kier alpha value is -6.21. The zero-order valence-corrected chi connectivity index (χ0v) is 42.4. The zero-order chi connectivity index (χ0) is 51.6. The minimum Gasteiger partial charge on any atom is -0.507 e. The number of ether oxygens (including phenoxy) is 3. The quantitative estimate of drug-likeness (QED) is 0.122. The summed E-state index contributed by atoms with van der Waals surface area (Å²) in [6.45, 7) is 17.5. The molecule has 2 amide bonds. The predicted octanol–water partition coefficient (Wildman–Crippen LogP) is 4.74. The van der Waals surface area contributed by atoms with E-state index in [2.05, 4.69) is 38.9 Å². The van der Waals surface area contributed by atoms with Crippen LogP contribution in [0.3, 0.4) is 0 Å². The van der Waals surface area contributed by atoms with E-state index in [0.29, 0.717) is 57.2 Å². The molecule has 5 N–H and O–H groups in total. The molecule has 2 saturated heterocycles. The van der Waals surface area contributed by atoms with E-state index in [0.717, 1.165) is 25.3 Å². The first kappa shape index (κ1) is 52.1. The predicted molar refractivity (Wildman–Crippen MR) is 267 cm³/mol. The number of ketones is 1. The van der Waals surface area contributed by atoms with Gasteiger partial charge in [0.05, 0.1) is 40.8 Å². The molecule has 1 aromatic heterocycles. The number of amides is 2. The molecule has 5 bridgehead atoms. The van der Waals surface area contributed by atoms with Gasteiger partial charge < -0.3 is 49.8 Å². The number of aliphatic hydroxyl groups is 2. The van der Waals surface area contributed by atoms with Crippen LogP contribution in [0.5, 0.6) is 17.2 Å². The summed E-state index contributed by atoms with van der Waals surface area (Å²) in [4.78, 5) is 75.7. The summed E-state index contributed by atoms with van der Waals surface area (Å²) >= 11 is 0. The maximum Gasteiger partial charge on any atom is 0.315 e. The van der Waals surface area contributed by atoms with Gasteiger partial charge in [0.25, 0.3) is 11.7 Å². The first-order chi connectivity index (χ1) is 34.3. The molecule has 6 atom stereocenters. The van der Waals surface area contributed by atoms with Gasteiger partial charge in [0.2, 0.25) is 5.91 Å². The van der Waals surface area contributed by atoms with E-state index in [-0.39, 0.29) is 74.9 Å². The first-order valence-electron chi connectivity index (χ1n) is 25.2. The number of esters is 1. The number of hydrogen-bond acceptors (Lipinski definition) is 16. The van der Waals surface area contributed by atoms with Gasteiger partial charge in [-0.05, 0) is 50.8 Å². The zero-order valence-electron chi connectivity index (χ0n) is 42.4. The number of phenolic OH excluding ortho intramolecular Hbond substituents is 2. The number of likely N-dealkylation sites (tertiary alicyclic amines) is 1. The SMILES string of the molecule is C/C1=C/C=C/C(C)[C@H](O)[C@@H](C)[C@@H](O)C[C@H](OC(=O)CC(=O)N2CCN(Cc3ccccn3)CC2)CC/C=C/O[C@@]2(C)Oc3c(C)c(O)c4c(O)c(c5c(c4c3C2=O)NC2(CCN(CC(C)C)CC2)N=5)=NC1=O. The average molecular weight is 992 g/mol. The third kappa shape index (κ3) is 10.9. The normalized spacial score (nSPS) is 27.8. The second kappa shape index (κ2) is 21.5. The highest BCUT2D eigenvalue weighted by molar-refractivity contribution is 6.21. The molecule has 2 aromatic carbocycles. The highest BCUT2D eigenvalue weighted by atomic mass is 16.7. The molecule has 6 aliphatic heterocycles. The number of aliphatic hydroxyl groups excluding tert-OH is 2. The van der Waals surface area contributed by atoms with Gasteiger partial charge in [0.1, 0.15) is 40.4 Å². The number of carbonyl (C=O) groups is 4. The van der Waals surface area contributed by atoms with Crippen molar-refractivity contribution < 1.29 is 53.8 Å². The molecule has 1 unspecified atom stereocenters. The topological polar surface area (TPSA) is 236 Å². The van der Waals surface area contributed by atoms with Crippen LogP contribution in [0.15, 0.2) is 70.5 Å². The monoisotopic (exact) mass is 992 g/mol. The van der Waals surface area contributed by atoms with E-state index in [9.17, 15) is 39.6 Å². The second-order valence-electron chi connectivity index (χ2n) is 20.7. The third-order valence-electron chi connectivity index (χ3n) is 14.7. The van der Waals surface area contributed by atoms with Crippen molar-refractivity contribution in [1.82, 2.24) is 19.7 Å². The lowest BCUT2D eigenvalue weighted by Gasteiger charge is -2.38. The molecule has 7 heterocycles. The summed E-state index contributed by atoms with van der Waals surface area (Å²) in [6, 6.07) is 5.75. The molecule has 2 fully saturated rings. The molecule has 72 heavy (non-hydrogen) atoms. The lowest BCUT2D eigenvalue weighted by Crippen LogP contribution is -2.48. The van der Waals surface area contributed by atoms with Crippen LogP contribution in [0.2, 0.25) is 0 Å². The Bertz CT molecular complexity index is 2800. The number of piperidine rings is 1. The Morgan fingerprint density at radius 1 is 0.972 bits per heavy atom. The van der Waals surface area contributed by atoms with Crippen LogP contribution in [-0.2, 0) is 30.4 Å². The number of phenols is 2. The average Bonchev–Trinajstić information content (AvgIpc) is 3.85. The van der Waals surface area contributed by atoms with Crippen molar-refractivity contribution in [3.8, 4) is 17.2 Å². The number of Topliss-reactive ketones (excluding diaryl/α,β-unsaturated/α-hetero) is 1. The Labute approximate surface area is 419 Å². The molecular formula is C54H69N7O11. The van der Waals surface area contributed by atoms with Gasteiger partial charge in [0, 0.05) is 113 Å². The van der Waals surface area contributed by atoms with Crippen molar-refractivity contribution in [3.63, 3.8) is 0 Å². The number of piperazine rings is 1. The van der Waals surface area contributed by atoms with E-state index >= 15 is 0 Å². The number of carbonyl (C=O) groups excluding carboxylic acids is 4. The third-order valence-corrected chi connectivity index (χ3v) is 14.7. The van der Waals surface area contributed by atoms with E-state index in [1.807, 2.05) is 18.2 Å². The summed E-state index contributed by atoms with van der Waals surface area (Å²) < 4.78 is 18.3. The van der Waals surface area contributed by atoms with Gasteiger partial charge in [-0.1, -0.05) is 52.0 Å². The van der Waals surface area contributed by atoms with Crippen molar-refractivity contribution in [3.05, 3.63) is 88.1 Å². The summed E-state index contributed by atoms with van der Waals surface area (Å²) in [7, 11) is 0. The van der Waals surface area contributed by atoms with Crippen LogP contribution in [0.1, 0.15) is 102 Å². The van der Waals surface area contributed by atoms with Crippen molar-refractivity contribution >= 4 is 40.0 Å². The molecule has 0 saturated carbocycles. The Kier molecular flexibility index (Phi) is 15.5. The van der Waals surface area contributed by atoms with Crippen LogP contribution >= 0.6 is 0 Å². The number of allylic oxidation sites excluding steroid dienone is 3. The minimum atomic E-state index is -1.93. The molecular weight excluding hydrogens is 923 g/mol. The van der Waals surface area contributed by atoms with E-state index in [1.54, 1.807) is 57.0 Å². The first-order valence-corrected chi connectivity index (χ1v) is 25.2. The van der Waals surface area contributed by atoms with Gasteiger partial charge in [0.15, 0.2) is 5.75 Å². The summed E-state index contributed by atoms with van der Waals surface area (Å²) in [5.41, 5.74) is 0.801. The second-order valence-corrected chi connectivity index (χ2v) is 20.7. The molecule has 18 nitrogen and oxygen atoms in total. The number of hydrogen-bond donors (Lipinski definition) is 5. The standard InChI is InChI=1S/C54H69N7O11/c1-31(2)29-59-20-17-54(18-21-59)57-44-41-42-48(66)35(6)50-43(41)51(68)53(7,72-50)70-26-11-9-16-37(71-40(64)28-39(63)61-24-22-60(23-25-61)30-36-15-8-10-19-55-36)27-38(62)34(5)47(65)32(3)13-12-14-33(4)52(69)56-46(49(42)67)45(44)58-54/h8,10-15,19,26,31-32,34,37-38,47,57,62,65-67H,9,16-18,20-25,27-30H2,1-7H3/b13-12+,26-11+,33-14-,56-46?/t32?,34-,37+,38-,47-,53-/m0/s1. The maximum absolute atomic E-state index is 14.8. The van der Waals surface area contributed by atoms with E-state index in [4.69, 9.17) is 19.2 Å². The largest absolute Gasteiger partial charge is 0.507 e. The highest BCUT2D eigenvalue weighted by Gasteiger charge is 2.50. The molecule has 386 valence electrons. The minimum absolute atomic E-state index is 0.0503.